The second-order valence-electron chi connectivity index (χ2n) is 7.46. The van der Waals surface area contributed by atoms with Crippen molar-refractivity contribution in [3.63, 3.8) is 0 Å². The molecule has 1 fully saturated rings. The molecule has 1 N–H and O–H groups in total. The number of carbonyl (C=O) groups is 2. The molecule has 29 heavy (non-hydrogen) atoms. The summed E-state index contributed by atoms with van der Waals surface area (Å²) in [6.07, 6.45) is 0. The lowest BCUT2D eigenvalue weighted by Crippen LogP contribution is -2.46. The summed E-state index contributed by atoms with van der Waals surface area (Å²) in [5.74, 6) is -2.22. The third kappa shape index (κ3) is 3.97. The van der Waals surface area contributed by atoms with Crippen LogP contribution in [0, 0.1) is 11.8 Å². The Morgan fingerprint density at radius 3 is 2.03 bits per heavy atom. The van der Waals surface area contributed by atoms with Gasteiger partial charge in [-0.05, 0) is 17.7 Å². The average molecular weight is 416 g/mol. The minimum Gasteiger partial charge on any atom is -0.468 e. The number of benzene rings is 2. The van der Waals surface area contributed by atoms with E-state index in [2.05, 4.69) is 5.32 Å². The van der Waals surface area contributed by atoms with Gasteiger partial charge in [-0.15, -0.1) is 0 Å². The molecule has 0 amide bonds. The van der Waals surface area contributed by atoms with Crippen LogP contribution in [0.25, 0.3) is 0 Å². The molecular formula is C22H25NO5S. The van der Waals surface area contributed by atoms with Gasteiger partial charge in [-0.25, -0.2) is 8.42 Å². The van der Waals surface area contributed by atoms with Gasteiger partial charge in [0.1, 0.15) is 17.1 Å². The lowest BCUT2D eigenvalue weighted by atomic mass is 9.85. The van der Waals surface area contributed by atoms with Gasteiger partial charge < -0.3 is 4.74 Å². The van der Waals surface area contributed by atoms with E-state index >= 15 is 0 Å². The molecular weight excluding hydrogens is 390 g/mol. The highest BCUT2D eigenvalue weighted by molar-refractivity contribution is 7.92. The van der Waals surface area contributed by atoms with Crippen molar-refractivity contribution >= 4 is 21.6 Å². The molecule has 0 radical (unpaired) electrons. The number of Topliss-reactive ketones (excluding diaryl/α,β-unsaturated/α-hetero) is 1. The maximum Gasteiger partial charge on any atom is 0.324 e. The number of ether oxygens (including phenoxy) is 1. The van der Waals surface area contributed by atoms with Gasteiger partial charge in [0.15, 0.2) is 9.84 Å². The van der Waals surface area contributed by atoms with Gasteiger partial charge in [0.05, 0.1) is 17.9 Å². The van der Waals surface area contributed by atoms with Gasteiger partial charge in [-0.1, -0.05) is 62.4 Å². The second-order valence-corrected chi connectivity index (χ2v) is 9.57. The average Bonchev–Trinajstić information content (AvgIpc) is 3.15. The number of methoxy groups -OCH3 is 1. The Labute approximate surface area is 171 Å². The van der Waals surface area contributed by atoms with Crippen molar-refractivity contribution in [1.29, 1.82) is 0 Å². The van der Waals surface area contributed by atoms with Crippen molar-refractivity contribution in [1.82, 2.24) is 5.32 Å². The molecule has 0 bridgehead atoms. The Balaban J connectivity index is 2.19. The van der Waals surface area contributed by atoms with E-state index in [4.69, 9.17) is 4.74 Å². The van der Waals surface area contributed by atoms with E-state index in [9.17, 15) is 18.0 Å². The molecule has 0 saturated carbocycles. The van der Waals surface area contributed by atoms with E-state index in [1.54, 1.807) is 32.0 Å². The maximum absolute atomic E-state index is 13.6. The molecule has 3 rings (SSSR count). The van der Waals surface area contributed by atoms with E-state index in [1.165, 1.54) is 19.2 Å². The van der Waals surface area contributed by atoms with E-state index in [1.807, 2.05) is 30.3 Å². The molecule has 1 aliphatic heterocycles. The lowest BCUT2D eigenvalue weighted by molar-refractivity contribution is -0.142. The molecule has 0 aliphatic carbocycles. The smallest absolute Gasteiger partial charge is 0.324 e. The first-order chi connectivity index (χ1) is 13.8. The molecule has 2 aromatic rings. The van der Waals surface area contributed by atoms with Gasteiger partial charge in [-0.3, -0.25) is 14.9 Å². The van der Waals surface area contributed by atoms with Crippen LogP contribution in [0.15, 0.2) is 65.6 Å². The fourth-order valence-corrected chi connectivity index (χ4v) is 6.01. The second kappa shape index (κ2) is 8.47. The first-order valence-corrected chi connectivity index (χ1v) is 11.0. The molecule has 1 heterocycles. The number of ketones is 1. The van der Waals surface area contributed by atoms with Crippen LogP contribution in [0.2, 0.25) is 0 Å². The number of esters is 1. The minimum atomic E-state index is -4.00. The maximum atomic E-state index is 13.6. The summed E-state index contributed by atoms with van der Waals surface area (Å²) in [7, 11) is -2.78. The predicted molar refractivity (Wildman–Crippen MR) is 109 cm³/mol. The predicted octanol–water partition coefficient (Wildman–Crippen LogP) is 2.56. The van der Waals surface area contributed by atoms with Crippen LogP contribution >= 0.6 is 0 Å². The van der Waals surface area contributed by atoms with Crippen LogP contribution < -0.4 is 5.32 Å². The summed E-state index contributed by atoms with van der Waals surface area (Å²) < 4.78 is 32.1. The van der Waals surface area contributed by atoms with Crippen LogP contribution in [0.5, 0.6) is 0 Å². The number of rotatable bonds is 6. The summed E-state index contributed by atoms with van der Waals surface area (Å²) in [5, 5.41) is 1.83. The lowest BCUT2D eigenvalue weighted by Gasteiger charge is -2.25. The minimum absolute atomic E-state index is 0.0796. The Morgan fingerprint density at radius 1 is 0.966 bits per heavy atom. The van der Waals surface area contributed by atoms with Crippen LogP contribution in [-0.2, 0) is 24.2 Å². The molecule has 7 heteroatoms. The van der Waals surface area contributed by atoms with Crippen LogP contribution in [0.3, 0.4) is 0 Å². The van der Waals surface area contributed by atoms with Crippen molar-refractivity contribution in [2.45, 2.75) is 36.1 Å². The highest BCUT2D eigenvalue weighted by Gasteiger charge is 2.56. The van der Waals surface area contributed by atoms with Gasteiger partial charge in [0.25, 0.3) is 0 Å². The number of hydrogen-bond acceptors (Lipinski definition) is 6. The number of carbonyl (C=O) groups excluding carboxylic acids is 2. The molecule has 1 aliphatic rings. The normalized spacial score (nSPS) is 24.4. The summed E-state index contributed by atoms with van der Waals surface area (Å²) in [6.45, 7) is 3.48. The zero-order valence-corrected chi connectivity index (χ0v) is 17.4. The quantitative estimate of drug-likeness (QED) is 0.730. The summed E-state index contributed by atoms with van der Waals surface area (Å²) in [6, 6.07) is 15.3. The molecule has 1 saturated heterocycles. The van der Waals surface area contributed by atoms with Crippen LogP contribution in [0.1, 0.15) is 25.5 Å². The van der Waals surface area contributed by atoms with Gasteiger partial charge in [-0.2, -0.15) is 0 Å². The molecule has 0 aromatic heterocycles. The van der Waals surface area contributed by atoms with E-state index in [-0.39, 0.29) is 10.7 Å². The molecule has 4 atom stereocenters. The third-order valence-electron chi connectivity index (χ3n) is 5.34. The number of nitrogens with one attached hydrogen (secondary N) is 1. The first kappa shape index (κ1) is 21.2. The molecule has 154 valence electrons. The topological polar surface area (TPSA) is 89.5 Å². The Hall–Kier alpha value is -2.51. The van der Waals surface area contributed by atoms with Crippen LogP contribution in [0.4, 0.5) is 0 Å². The van der Waals surface area contributed by atoms with Crippen molar-refractivity contribution in [3.8, 4) is 0 Å². The molecule has 2 aromatic carbocycles. The fraction of sp³-hybridized carbons (Fsp3) is 0.364. The Kier molecular flexibility index (Phi) is 6.19. The highest BCUT2D eigenvalue weighted by Crippen LogP contribution is 2.41. The zero-order valence-electron chi connectivity index (χ0n) is 16.6. The summed E-state index contributed by atoms with van der Waals surface area (Å²) in [4.78, 5) is 25.9. The zero-order chi connectivity index (χ0) is 21.2. The Morgan fingerprint density at radius 2 is 1.52 bits per heavy atom. The van der Waals surface area contributed by atoms with Crippen molar-refractivity contribution in [2.75, 3.05) is 7.11 Å². The van der Waals surface area contributed by atoms with Crippen LogP contribution in [-0.4, -0.2) is 38.6 Å². The van der Waals surface area contributed by atoms with E-state index in [0.29, 0.717) is 0 Å². The van der Waals surface area contributed by atoms with Crippen molar-refractivity contribution in [3.05, 3.63) is 66.2 Å². The standard InChI is InChI=1S/C22H25NO5S/c1-14(2)20(24)17-18(15-10-6-4-7-11-15)23-19(22(25)28-3)21(17)29(26,27)16-12-8-5-9-13-16/h4-14,17-19,21,23H,1-3H3/t17-,18+,19+,21-/m0/s1. The number of sulfone groups is 1. The monoisotopic (exact) mass is 415 g/mol. The fourth-order valence-electron chi connectivity index (χ4n) is 3.93. The van der Waals surface area contributed by atoms with Gasteiger partial charge in [0, 0.05) is 12.0 Å². The molecule has 6 nitrogen and oxygen atoms in total. The molecule has 0 spiro atoms. The number of hydrogen-bond donors (Lipinski definition) is 1. The van der Waals surface area contributed by atoms with Gasteiger partial charge >= 0.3 is 5.97 Å². The molecule has 0 unspecified atom stereocenters. The highest BCUT2D eigenvalue weighted by atomic mass is 32.2. The van der Waals surface area contributed by atoms with Gasteiger partial charge in [0.2, 0.25) is 0 Å². The van der Waals surface area contributed by atoms with E-state index in [0.717, 1.165) is 5.56 Å². The SMILES string of the molecule is COC(=O)[C@@H]1N[C@H](c2ccccc2)[C@@H](C(=O)C(C)C)[C@@H]1S(=O)(=O)c1ccccc1. The van der Waals surface area contributed by atoms with E-state index < -0.39 is 45.0 Å². The first-order valence-electron chi connectivity index (χ1n) is 9.50. The Bertz CT molecular complexity index is 973. The summed E-state index contributed by atoms with van der Waals surface area (Å²) in [5.41, 5.74) is 0.756. The summed E-state index contributed by atoms with van der Waals surface area (Å²) >= 11 is 0. The van der Waals surface area contributed by atoms with Crippen molar-refractivity contribution in [2.24, 2.45) is 11.8 Å². The third-order valence-corrected chi connectivity index (χ3v) is 7.55. The largest absolute Gasteiger partial charge is 0.468 e. The van der Waals surface area contributed by atoms with Crippen molar-refractivity contribution < 1.29 is 22.7 Å².